The van der Waals surface area contributed by atoms with Gasteiger partial charge in [0.05, 0.1) is 7.11 Å². The van der Waals surface area contributed by atoms with E-state index in [0.717, 1.165) is 37.1 Å². The molecule has 1 atom stereocenters. The molecule has 2 heterocycles. The standard InChI is InChI=1S/C22H24N4O3/c1-15-14-17(28-2)10-11-18(15)20(27)23-19(16-8-4-3-5-9-16)21-24-25-22(29-21)26-12-6-7-13-26/h3-5,8-11,14,19H,6-7,12-13H2,1-2H3,(H,23,27). The van der Waals surface area contributed by atoms with E-state index in [1.807, 2.05) is 43.3 Å². The first kappa shape index (κ1) is 19.0. The van der Waals surface area contributed by atoms with Crippen LogP contribution in [-0.2, 0) is 0 Å². The zero-order chi connectivity index (χ0) is 20.2. The van der Waals surface area contributed by atoms with Gasteiger partial charge in [0.15, 0.2) is 0 Å². The number of ether oxygens (including phenoxy) is 1. The van der Waals surface area contributed by atoms with Crippen molar-refractivity contribution in [2.45, 2.75) is 25.8 Å². The van der Waals surface area contributed by atoms with Crippen molar-refractivity contribution in [1.82, 2.24) is 15.5 Å². The van der Waals surface area contributed by atoms with Crippen LogP contribution < -0.4 is 15.0 Å². The highest BCUT2D eigenvalue weighted by atomic mass is 16.5. The average Bonchev–Trinajstić information content (AvgIpc) is 3.44. The molecular weight excluding hydrogens is 368 g/mol. The normalized spacial score (nSPS) is 14.6. The number of methoxy groups -OCH3 is 1. The molecule has 1 unspecified atom stereocenters. The summed E-state index contributed by atoms with van der Waals surface area (Å²) >= 11 is 0. The van der Waals surface area contributed by atoms with Crippen LogP contribution in [0.2, 0.25) is 0 Å². The van der Waals surface area contributed by atoms with Crippen molar-refractivity contribution in [3.63, 3.8) is 0 Å². The zero-order valence-electron chi connectivity index (χ0n) is 16.6. The van der Waals surface area contributed by atoms with E-state index >= 15 is 0 Å². The summed E-state index contributed by atoms with van der Waals surface area (Å²) in [5.74, 6) is 0.878. The molecule has 0 saturated carbocycles. The zero-order valence-corrected chi connectivity index (χ0v) is 16.6. The summed E-state index contributed by atoms with van der Waals surface area (Å²) in [4.78, 5) is 15.1. The molecule has 0 radical (unpaired) electrons. The van der Waals surface area contributed by atoms with E-state index in [1.165, 1.54) is 0 Å². The average molecular weight is 392 g/mol. The van der Waals surface area contributed by atoms with Crippen molar-refractivity contribution in [2.75, 3.05) is 25.1 Å². The van der Waals surface area contributed by atoms with Crippen LogP contribution in [0.4, 0.5) is 6.01 Å². The van der Waals surface area contributed by atoms with Crippen LogP contribution in [0, 0.1) is 6.92 Å². The van der Waals surface area contributed by atoms with Gasteiger partial charge in [-0.2, -0.15) is 0 Å². The number of hydrogen-bond acceptors (Lipinski definition) is 6. The lowest BCUT2D eigenvalue weighted by Crippen LogP contribution is -2.30. The van der Waals surface area contributed by atoms with Crippen LogP contribution in [0.1, 0.15) is 46.3 Å². The Morgan fingerprint density at radius 3 is 2.59 bits per heavy atom. The van der Waals surface area contributed by atoms with Crippen molar-refractivity contribution in [1.29, 1.82) is 0 Å². The van der Waals surface area contributed by atoms with Crippen molar-refractivity contribution >= 4 is 11.9 Å². The van der Waals surface area contributed by atoms with E-state index in [4.69, 9.17) is 9.15 Å². The number of aryl methyl sites for hydroxylation is 1. The summed E-state index contributed by atoms with van der Waals surface area (Å²) in [6, 6.07) is 15.0. The number of amides is 1. The molecule has 0 bridgehead atoms. The molecular formula is C22H24N4O3. The second kappa shape index (κ2) is 8.34. The number of anilines is 1. The molecule has 29 heavy (non-hydrogen) atoms. The van der Waals surface area contributed by atoms with Gasteiger partial charge in [-0.3, -0.25) is 4.79 Å². The fourth-order valence-corrected chi connectivity index (χ4v) is 3.54. The highest BCUT2D eigenvalue weighted by Gasteiger charge is 2.26. The quantitative estimate of drug-likeness (QED) is 0.691. The molecule has 0 aliphatic carbocycles. The van der Waals surface area contributed by atoms with Gasteiger partial charge in [-0.1, -0.05) is 35.4 Å². The van der Waals surface area contributed by atoms with Gasteiger partial charge >= 0.3 is 6.01 Å². The van der Waals surface area contributed by atoms with Crippen LogP contribution >= 0.6 is 0 Å². The Bertz CT molecular complexity index is 981. The highest BCUT2D eigenvalue weighted by Crippen LogP contribution is 2.26. The maximum Gasteiger partial charge on any atom is 0.318 e. The number of aromatic nitrogens is 2. The van der Waals surface area contributed by atoms with Crippen molar-refractivity contribution in [2.24, 2.45) is 0 Å². The summed E-state index contributed by atoms with van der Waals surface area (Å²) < 4.78 is 11.2. The minimum atomic E-state index is -0.533. The number of nitrogens with one attached hydrogen (secondary N) is 1. The lowest BCUT2D eigenvalue weighted by atomic mass is 10.0. The number of carbonyl (C=O) groups excluding carboxylic acids is 1. The monoisotopic (exact) mass is 392 g/mol. The fourth-order valence-electron chi connectivity index (χ4n) is 3.54. The first-order chi connectivity index (χ1) is 14.2. The third-order valence-corrected chi connectivity index (χ3v) is 5.14. The van der Waals surface area contributed by atoms with E-state index in [1.54, 1.807) is 19.2 Å². The summed E-state index contributed by atoms with van der Waals surface area (Å²) in [6.07, 6.45) is 2.24. The molecule has 1 fully saturated rings. The number of carbonyl (C=O) groups is 1. The van der Waals surface area contributed by atoms with Crippen LogP contribution in [0.15, 0.2) is 52.9 Å². The van der Waals surface area contributed by atoms with Gasteiger partial charge in [0.2, 0.25) is 5.89 Å². The highest BCUT2D eigenvalue weighted by molar-refractivity contribution is 5.96. The molecule has 0 spiro atoms. The summed E-state index contributed by atoms with van der Waals surface area (Å²) in [5.41, 5.74) is 2.28. The van der Waals surface area contributed by atoms with E-state index in [0.29, 0.717) is 23.2 Å². The Hall–Kier alpha value is -3.35. The summed E-state index contributed by atoms with van der Waals surface area (Å²) in [7, 11) is 1.60. The minimum absolute atomic E-state index is 0.208. The smallest absolute Gasteiger partial charge is 0.318 e. The van der Waals surface area contributed by atoms with Gasteiger partial charge in [-0.25, -0.2) is 0 Å². The Morgan fingerprint density at radius 2 is 1.90 bits per heavy atom. The summed E-state index contributed by atoms with van der Waals surface area (Å²) in [6.45, 7) is 3.71. The maximum absolute atomic E-state index is 13.0. The van der Waals surface area contributed by atoms with Gasteiger partial charge in [0.1, 0.15) is 11.8 Å². The molecule has 4 rings (SSSR count). The van der Waals surface area contributed by atoms with Gasteiger partial charge in [-0.05, 0) is 49.1 Å². The lowest BCUT2D eigenvalue weighted by Gasteiger charge is -2.17. The molecule has 7 nitrogen and oxygen atoms in total. The van der Waals surface area contributed by atoms with Crippen molar-refractivity contribution < 1.29 is 13.9 Å². The summed E-state index contributed by atoms with van der Waals surface area (Å²) in [5, 5.41) is 11.5. The van der Waals surface area contributed by atoms with Crippen molar-refractivity contribution in [3.8, 4) is 5.75 Å². The molecule has 3 aromatic rings. The Balaban J connectivity index is 1.62. The third-order valence-electron chi connectivity index (χ3n) is 5.14. The SMILES string of the molecule is COc1ccc(C(=O)NC(c2ccccc2)c2nnc(N3CCCC3)o2)c(C)c1. The van der Waals surface area contributed by atoms with E-state index < -0.39 is 6.04 Å². The number of nitrogens with zero attached hydrogens (tertiary/aromatic N) is 3. The number of benzene rings is 2. The van der Waals surface area contributed by atoms with Crippen molar-refractivity contribution in [3.05, 3.63) is 71.1 Å². The van der Waals surface area contributed by atoms with Crippen LogP contribution in [0.25, 0.3) is 0 Å². The number of hydrogen-bond donors (Lipinski definition) is 1. The molecule has 2 aromatic carbocycles. The predicted octanol–water partition coefficient (Wildman–Crippen LogP) is 3.51. The molecule has 1 aliphatic heterocycles. The molecule has 7 heteroatoms. The van der Waals surface area contributed by atoms with E-state index in [2.05, 4.69) is 20.4 Å². The molecule has 1 saturated heterocycles. The maximum atomic E-state index is 13.0. The number of rotatable bonds is 6. The fraction of sp³-hybridized carbons (Fsp3) is 0.318. The second-order valence-electron chi connectivity index (χ2n) is 7.12. The van der Waals surface area contributed by atoms with Gasteiger partial charge in [-0.15, -0.1) is 5.10 Å². The Labute approximate surface area is 169 Å². The van der Waals surface area contributed by atoms with Gasteiger partial charge < -0.3 is 19.4 Å². The Kier molecular flexibility index (Phi) is 5.46. The minimum Gasteiger partial charge on any atom is -0.497 e. The lowest BCUT2D eigenvalue weighted by molar-refractivity contribution is 0.0937. The van der Waals surface area contributed by atoms with Gasteiger partial charge in [0.25, 0.3) is 5.91 Å². The van der Waals surface area contributed by atoms with E-state index in [-0.39, 0.29) is 5.91 Å². The first-order valence-corrected chi connectivity index (χ1v) is 9.74. The molecule has 1 aromatic heterocycles. The van der Waals surface area contributed by atoms with E-state index in [9.17, 15) is 4.79 Å². The second-order valence-corrected chi connectivity index (χ2v) is 7.12. The first-order valence-electron chi connectivity index (χ1n) is 9.74. The Morgan fingerprint density at radius 1 is 1.14 bits per heavy atom. The van der Waals surface area contributed by atoms with Crippen LogP contribution in [0.5, 0.6) is 5.75 Å². The predicted molar refractivity (Wildman–Crippen MR) is 109 cm³/mol. The molecule has 1 N–H and O–H groups in total. The van der Waals surface area contributed by atoms with Crippen LogP contribution in [0.3, 0.4) is 0 Å². The topological polar surface area (TPSA) is 80.5 Å². The largest absolute Gasteiger partial charge is 0.497 e. The van der Waals surface area contributed by atoms with Gasteiger partial charge in [0, 0.05) is 18.7 Å². The third kappa shape index (κ3) is 4.08. The van der Waals surface area contributed by atoms with Crippen LogP contribution in [-0.4, -0.2) is 36.3 Å². The molecule has 1 amide bonds. The molecule has 150 valence electrons. The molecule has 1 aliphatic rings.